The summed E-state index contributed by atoms with van der Waals surface area (Å²) in [5, 5.41) is 0. The second-order valence-corrected chi connectivity index (χ2v) is 4.79. The zero-order chi connectivity index (χ0) is 12.8. The van der Waals surface area contributed by atoms with E-state index >= 15 is 0 Å². The van der Waals surface area contributed by atoms with Crippen molar-refractivity contribution in [1.82, 2.24) is 9.88 Å². The van der Waals surface area contributed by atoms with Crippen LogP contribution in [-0.4, -0.2) is 40.9 Å². The zero-order valence-corrected chi connectivity index (χ0v) is 11.2. The third-order valence-corrected chi connectivity index (χ3v) is 3.44. The van der Waals surface area contributed by atoms with Crippen LogP contribution >= 0.6 is 11.8 Å². The maximum Gasteiger partial charge on any atom is 0.254 e. The lowest BCUT2D eigenvalue weighted by atomic mass is 10.2. The molecule has 1 aromatic heterocycles. The Balaban J connectivity index is 2.85. The van der Waals surface area contributed by atoms with E-state index in [0.29, 0.717) is 5.56 Å². The number of nitrogens with one attached hydrogen (secondary N) is 1. The molecule has 0 fully saturated rings. The van der Waals surface area contributed by atoms with Crippen LogP contribution in [0.2, 0.25) is 0 Å². The molecule has 0 saturated carbocycles. The van der Waals surface area contributed by atoms with Crippen molar-refractivity contribution in [3.8, 4) is 0 Å². The molecule has 0 aliphatic carbocycles. The van der Waals surface area contributed by atoms with E-state index in [0.717, 1.165) is 12.2 Å². The highest BCUT2D eigenvalue weighted by atomic mass is 32.2. The van der Waals surface area contributed by atoms with E-state index < -0.39 is 0 Å². The van der Waals surface area contributed by atoms with Crippen LogP contribution in [0.1, 0.15) is 23.7 Å². The summed E-state index contributed by atoms with van der Waals surface area (Å²) in [6.45, 7) is 2.06. The van der Waals surface area contributed by atoms with Gasteiger partial charge in [-0.25, -0.2) is 0 Å². The van der Waals surface area contributed by atoms with Gasteiger partial charge in [-0.2, -0.15) is 11.8 Å². The van der Waals surface area contributed by atoms with Crippen LogP contribution in [-0.2, 0) is 0 Å². The summed E-state index contributed by atoms with van der Waals surface area (Å²) < 4.78 is 0. The van der Waals surface area contributed by atoms with Crippen LogP contribution in [0.15, 0.2) is 23.1 Å². The predicted molar refractivity (Wildman–Crippen MR) is 71.6 cm³/mol. The molecular weight excluding hydrogens is 236 g/mol. The Bertz CT molecular complexity index is 431. The Hall–Kier alpha value is -1.23. The SMILES string of the molecule is CCC(CSC)N(C)C(=O)c1cc[nH]c(=O)c1. The zero-order valence-electron chi connectivity index (χ0n) is 10.4. The van der Waals surface area contributed by atoms with E-state index in [1.807, 2.05) is 6.26 Å². The number of aromatic nitrogens is 1. The summed E-state index contributed by atoms with van der Waals surface area (Å²) >= 11 is 1.72. The lowest BCUT2D eigenvalue weighted by molar-refractivity contribution is 0.0743. The fraction of sp³-hybridized carbons (Fsp3) is 0.500. The average molecular weight is 254 g/mol. The molecule has 1 rings (SSSR count). The van der Waals surface area contributed by atoms with Gasteiger partial charge in [0.15, 0.2) is 0 Å². The number of hydrogen-bond donors (Lipinski definition) is 1. The maximum atomic E-state index is 12.1. The van der Waals surface area contributed by atoms with Gasteiger partial charge in [0.2, 0.25) is 5.56 Å². The predicted octanol–water partition coefficient (Wildman–Crippen LogP) is 1.59. The number of thioether (sulfide) groups is 1. The summed E-state index contributed by atoms with van der Waals surface area (Å²) in [6.07, 6.45) is 4.43. The lowest BCUT2D eigenvalue weighted by Crippen LogP contribution is -2.38. The first kappa shape index (κ1) is 13.8. The Morgan fingerprint density at radius 1 is 1.59 bits per heavy atom. The van der Waals surface area contributed by atoms with Crippen molar-refractivity contribution in [2.45, 2.75) is 19.4 Å². The maximum absolute atomic E-state index is 12.1. The van der Waals surface area contributed by atoms with E-state index in [-0.39, 0.29) is 17.5 Å². The van der Waals surface area contributed by atoms with Crippen LogP contribution in [0.3, 0.4) is 0 Å². The number of amides is 1. The van der Waals surface area contributed by atoms with Crippen molar-refractivity contribution in [3.05, 3.63) is 34.2 Å². The number of nitrogens with zero attached hydrogens (tertiary/aromatic N) is 1. The lowest BCUT2D eigenvalue weighted by Gasteiger charge is -2.26. The molecule has 1 heterocycles. The molecular formula is C12H18N2O2S. The Morgan fingerprint density at radius 2 is 2.29 bits per heavy atom. The molecule has 0 radical (unpaired) electrons. The van der Waals surface area contributed by atoms with Gasteiger partial charge in [0.1, 0.15) is 0 Å². The fourth-order valence-corrected chi connectivity index (χ4v) is 2.49. The Morgan fingerprint density at radius 3 is 2.82 bits per heavy atom. The van der Waals surface area contributed by atoms with Gasteiger partial charge in [-0.1, -0.05) is 6.92 Å². The Kier molecular flexibility index (Phi) is 5.28. The minimum absolute atomic E-state index is 0.1000. The first-order valence-electron chi connectivity index (χ1n) is 5.55. The third-order valence-electron chi connectivity index (χ3n) is 2.72. The van der Waals surface area contributed by atoms with Crippen LogP contribution in [0, 0.1) is 0 Å². The summed E-state index contributed by atoms with van der Waals surface area (Å²) in [7, 11) is 1.79. The minimum atomic E-state index is -0.248. The number of carbonyl (C=O) groups is 1. The van der Waals surface area contributed by atoms with Crippen LogP contribution in [0.5, 0.6) is 0 Å². The van der Waals surface area contributed by atoms with Crippen LogP contribution in [0.4, 0.5) is 0 Å². The molecule has 1 unspecified atom stereocenters. The number of pyridine rings is 1. The van der Waals surface area contributed by atoms with Crippen LogP contribution in [0.25, 0.3) is 0 Å². The van der Waals surface area contributed by atoms with E-state index in [1.54, 1.807) is 29.8 Å². The van der Waals surface area contributed by atoms with Gasteiger partial charge < -0.3 is 9.88 Å². The number of rotatable bonds is 5. The van der Waals surface area contributed by atoms with Crippen molar-refractivity contribution < 1.29 is 4.79 Å². The van der Waals surface area contributed by atoms with Crippen molar-refractivity contribution >= 4 is 17.7 Å². The van der Waals surface area contributed by atoms with Crippen molar-refractivity contribution in [1.29, 1.82) is 0 Å². The molecule has 1 amide bonds. The molecule has 5 heteroatoms. The fourth-order valence-electron chi connectivity index (χ4n) is 1.64. The van der Waals surface area contributed by atoms with Crippen molar-refractivity contribution in [2.75, 3.05) is 19.1 Å². The van der Waals surface area contributed by atoms with Gasteiger partial charge in [-0.3, -0.25) is 9.59 Å². The van der Waals surface area contributed by atoms with E-state index in [1.165, 1.54) is 12.3 Å². The van der Waals surface area contributed by atoms with Gasteiger partial charge in [0.05, 0.1) is 0 Å². The molecule has 4 nitrogen and oxygen atoms in total. The van der Waals surface area contributed by atoms with Gasteiger partial charge in [0, 0.05) is 36.7 Å². The first-order chi connectivity index (χ1) is 8.10. The van der Waals surface area contributed by atoms with E-state index in [2.05, 4.69) is 11.9 Å². The molecule has 1 atom stereocenters. The molecule has 17 heavy (non-hydrogen) atoms. The summed E-state index contributed by atoms with van der Waals surface area (Å²) in [4.78, 5) is 27.5. The smallest absolute Gasteiger partial charge is 0.254 e. The first-order valence-corrected chi connectivity index (χ1v) is 6.94. The quantitative estimate of drug-likeness (QED) is 0.868. The highest BCUT2D eigenvalue weighted by Crippen LogP contribution is 2.11. The van der Waals surface area contributed by atoms with Gasteiger partial charge in [-0.15, -0.1) is 0 Å². The van der Waals surface area contributed by atoms with Crippen molar-refractivity contribution in [3.63, 3.8) is 0 Å². The van der Waals surface area contributed by atoms with Crippen LogP contribution < -0.4 is 5.56 Å². The normalized spacial score (nSPS) is 12.2. The Labute approximate surface area is 105 Å². The minimum Gasteiger partial charge on any atom is -0.338 e. The monoisotopic (exact) mass is 254 g/mol. The number of H-pyrrole nitrogens is 1. The van der Waals surface area contributed by atoms with Crippen molar-refractivity contribution in [2.24, 2.45) is 0 Å². The highest BCUT2D eigenvalue weighted by Gasteiger charge is 2.19. The summed E-state index contributed by atoms with van der Waals surface area (Å²) in [6, 6.07) is 3.17. The van der Waals surface area contributed by atoms with E-state index in [9.17, 15) is 9.59 Å². The average Bonchev–Trinajstić information content (AvgIpc) is 2.34. The molecule has 0 bridgehead atoms. The van der Waals surface area contributed by atoms with Gasteiger partial charge in [-0.05, 0) is 18.7 Å². The third kappa shape index (κ3) is 3.63. The van der Waals surface area contributed by atoms with E-state index in [4.69, 9.17) is 0 Å². The standard InChI is InChI=1S/C12H18N2O2S/c1-4-10(8-17-3)14(2)12(16)9-5-6-13-11(15)7-9/h5-7,10H,4,8H2,1-3H3,(H,13,15). The molecule has 0 saturated heterocycles. The molecule has 0 aromatic carbocycles. The second kappa shape index (κ2) is 6.49. The number of aromatic amines is 1. The molecule has 0 aliphatic heterocycles. The molecule has 94 valence electrons. The summed E-state index contributed by atoms with van der Waals surface area (Å²) in [5.74, 6) is 0.805. The number of carbonyl (C=O) groups excluding carboxylic acids is 1. The summed E-state index contributed by atoms with van der Waals surface area (Å²) in [5.41, 5.74) is 0.193. The molecule has 1 aromatic rings. The topological polar surface area (TPSA) is 53.2 Å². The number of hydrogen-bond acceptors (Lipinski definition) is 3. The highest BCUT2D eigenvalue weighted by molar-refractivity contribution is 7.98. The second-order valence-electron chi connectivity index (χ2n) is 3.88. The molecule has 0 aliphatic rings. The van der Waals surface area contributed by atoms with Gasteiger partial charge in [0.25, 0.3) is 5.91 Å². The molecule has 1 N–H and O–H groups in total. The molecule has 0 spiro atoms. The van der Waals surface area contributed by atoms with Gasteiger partial charge >= 0.3 is 0 Å². The largest absolute Gasteiger partial charge is 0.338 e.